The van der Waals surface area contributed by atoms with E-state index in [0.717, 1.165) is 0 Å². The van der Waals surface area contributed by atoms with Gasteiger partial charge in [-0.1, -0.05) is 11.6 Å². The molecular formula is C17H15ClFNO3. The van der Waals surface area contributed by atoms with Crippen LogP contribution in [-0.4, -0.2) is 25.7 Å². The van der Waals surface area contributed by atoms with Gasteiger partial charge in [0.2, 0.25) is 0 Å². The minimum Gasteiger partial charge on any atom is -0.486 e. The van der Waals surface area contributed by atoms with Crippen LogP contribution in [0.3, 0.4) is 0 Å². The lowest BCUT2D eigenvalue weighted by Crippen LogP contribution is -2.30. The van der Waals surface area contributed by atoms with Gasteiger partial charge in [-0.2, -0.15) is 0 Å². The van der Waals surface area contributed by atoms with Gasteiger partial charge in [-0.05, 0) is 43.3 Å². The van der Waals surface area contributed by atoms with Crippen molar-refractivity contribution in [2.75, 3.05) is 24.7 Å². The summed E-state index contributed by atoms with van der Waals surface area (Å²) in [5.74, 6) is 0.333. The van der Waals surface area contributed by atoms with Crippen LogP contribution in [-0.2, 0) is 0 Å². The molecule has 0 atom stereocenters. The predicted octanol–water partition coefficient (Wildman–Crippen LogP) is 3.92. The second kappa shape index (κ2) is 6.46. The van der Waals surface area contributed by atoms with E-state index in [1.807, 2.05) is 6.92 Å². The van der Waals surface area contributed by atoms with Crippen LogP contribution in [0, 0.1) is 5.82 Å². The van der Waals surface area contributed by atoms with Gasteiger partial charge in [-0.15, -0.1) is 0 Å². The quantitative estimate of drug-likeness (QED) is 0.853. The third kappa shape index (κ3) is 3.10. The van der Waals surface area contributed by atoms with Gasteiger partial charge in [0.15, 0.2) is 11.5 Å². The molecule has 0 fully saturated rings. The lowest BCUT2D eigenvalue weighted by atomic mass is 10.1. The first-order chi connectivity index (χ1) is 11.1. The Kier molecular flexibility index (Phi) is 4.39. The summed E-state index contributed by atoms with van der Waals surface area (Å²) < 4.78 is 24.0. The van der Waals surface area contributed by atoms with Crippen LogP contribution in [0.5, 0.6) is 11.5 Å². The average molecular weight is 336 g/mol. The van der Waals surface area contributed by atoms with Gasteiger partial charge < -0.3 is 14.4 Å². The molecule has 4 nitrogen and oxygen atoms in total. The van der Waals surface area contributed by atoms with Gasteiger partial charge in [-0.25, -0.2) is 4.39 Å². The van der Waals surface area contributed by atoms with Crippen molar-refractivity contribution in [1.29, 1.82) is 0 Å². The Morgan fingerprint density at radius 3 is 2.61 bits per heavy atom. The SMILES string of the molecule is CCN(C(=O)c1cc(Cl)c2c(c1)OCCO2)c1ccc(F)cc1. The molecule has 120 valence electrons. The number of halogens is 2. The van der Waals surface area contributed by atoms with Crippen LogP contribution >= 0.6 is 11.6 Å². The lowest BCUT2D eigenvalue weighted by Gasteiger charge is -2.23. The number of amides is 1. The molecule has 0 N–H and O–H groups in total. The van der Waals surface area contributed by atoms with E-state index in [9.17, 15) is 9.18 Å². The molecule has 0 spiro atoms. The van der Waals surface area contributed by atoms with E-state index in [1.165, 1.54) is 12.1 Å². The molecule has 0 aliphatic carbocycles. The van der Waals surface area contributed by atoms with E-state index in [1.54, 1.807) is 29.2 Å². The van der Waals surface area contributed by atoms with Crippen molar-refractivity contribution in [3.05, 3.63) is 52.8 Å². The zero-order valence-corrected chi connectivity index (χ0v) is 13.3. The fourth-order valence-corrected chi connectivity index (χ4v) is 2.72. The Hall–Kier alpha value is -2.27. The highest BCUT2D eigenvalue weighted by atomic mass is 35.5. The zero-order valence-electron chi connectivity index (χ0n) is 12.5. The smallest absolute Gasteiger partial charge is 0.258 e. The number of ether oxygens (including phenoxy) is 2. The van der Waals surface area contributed by atoms with Gasteiger partial charge in [0.05, 0.1) is 5.02 Å². The van der Waals surface area contributed by atoms with Gasteiger partial charge in [0.1, 0.15) is 19.0 Å². The molecule has 3 rings (SSSR count). The fourth-order valence-electron chi connectivity index (χ4n) is 2.45. The molecule has 2 aromatic carbocycles. The Labute approximate surface area is 138 Å². The Bertz CT molecular complexity index is 733. The summed E-state index contributed by atoms with van der Waals surface area (Å²) >= 11 is 6.18. The van der Waals surface area contributed by atoms with Crippen molar-refractivity contribution in [3.8, 4) is 11.5 Å². The number of hydrogen-bond donors (Lipinski definition) is 0. The molecule has 0 radical (unpaired) electrons. The summed E-state index contributed by atoms with van der Waals surface area (Å²) in [5, 5.41) is 0.334. The maximum Gasteiger partial charge on any atom is 0.258 e. The van der Waals surface area contributed by atoms with Crippen molar-refractivity contribution in [3.63, 3.8) is 0 Å². The van der Waals surface area contributed by atoms with E-state index >= 15 is 0 Å². The number of anilines is 1. The van der Waals surface area contributed by atoms with Crippen LogP contribution in [0.25, 0.3) is 0 Å². The van der Waals surface area contributed by atoms with E-state index in [2.05, 4.69) is 0 Å². The second-order valence-electron chi connectivity index (χ2n) is 5.01. The van der Waals surface area contributed by atoms with E-state index in [-0.39, 0.29) is 11.7 Å². The van der Waals surface area contributed by atoms with Crippen molar-refractivity contribution < 1.29 is 18.7 Å². The van der Waals surface area contributed by atoms with Gasteiger partial charge >= 0.3 is 0 Å². The standard InChI is InChI=1S/C17H15ClFNO3/c1-2-20(13-5-3-12(19)4-6-13)17(21)11-9-14(18)16-15(10-11)22-7-8-23-16/h3-6,9-10H,2,7-8H2,1H3. The van der Waals surface area contributed by atoms with Crippen molar-refractivity contribution in [2.24, 2.45) is 0 Å². The van der Waals surface area contributed by atoms with Gasteiger partial charge in [0.25, 0.3) is 5.91 Å². The molecule has 1 aliphatic rings. The lowest BCUT2D eigenvalue weighted by molar-refractivity contribution is 0.0987. The Morgan fingerprint density at radius 1 is 1.22 bits per heavy atom. The van der Waals surface area contributed by atoms with Crippen LogP contribution in [0.2, 0.25) is 5.02 Å². The highest BCUT2D eigenvalue weighted by Gasteiger charge is 2.22. The Morgan fingerprint density at radius 2 is 1.91 bits per heavy atom. The number of nitrogens with zero attached hydrogens (tertiary/aromatic N) is 1. The summed E-state index contributed by atoms with van der Waals surface area (Å²) in [5.41, 5.74) is 1.01. The number of rotatable bonds is 3. The summed E-state index contributed by atoms with van der Waals surface area (Å²) in [7, 11) is 0. The van der Waals surface area contributed by atoms with Gasteiger partial charge in [-0.3, -0.25) is 4.79 Å². The van der Waals surface area contributed by atoms with E-state index in [0.29, 0.717) is 47.5 Å². The third-order valence-electron chi connectivity index (χ3n) is 3.54. The number of hydrogen-bond acceptors (Lipinski definition) is 3. The molecule has 0 bridgehead atoms. The molecule has 6 heteroatoms. The normalized spacial score (nSPS) is 12.8. The highest BCUT2D eigenvalue weighted by molar-refractivity contribution is 6.32. The second-order valence-corrected chi connectivity index (χ2v) is 5.42. The zero-order chi connectivity index (χ0) is 16.4. The van der Waals surface area contributed by atoms with Crippen LogP contribution in [0.1, 0.15) is 17.3 Å². The number of carbonyl (C=O) groups is 1. The van der Waals surface area contributed by atoms with Crippen molar-refractivity contribution in [2.45, 2.75) is 6.92 Å². The van der Waals surface area contributed by atoms with Crippen molar-refractivity contribution in [1.82, 2.24) is 0 Å². The molecule has 2 aromatic rings. The summed E-state index contributed by atoms with van der Waals surface area (Å²) in [4.78, 5) is 14.3. The molecule has 0 aromatic heterocycles. The number of fused-ring (bicyclic) bond motifs is 1. The van der Waals surface area contributed by atoms with Crippen LogP contribution in [0.15, 0.2) is 36.4 Å². The van der Waals surface area contributed by atoms with Crippen LogP contribution in [0.4, 0.5) is 10.1 Å². The molecule has 1 heterocycles. The number of carbonyl (C=O) groups excluding carboxylic acids is 1. The van der Waals surface area contributed by atoms with E-state index < -0.39 is 0 Å². The fraction of sp³-hybridized carbons (Fsp3) is 0.235. The van der Waals surface area contributed by atoms with Gasteiger partial charge in [0, 0.05) is 17.8 Å². The van der Waals surface area contributed by atoms with Crippen LogP contribution < -0.4 is 14.4 Å². The topological polar surface area (TPSA) is 38.8 Å². The maximum absolute atomic E-state index is 13.1. The molecule has 0 unspecified atom stereocenters. The molecule has 23 heavy (non-hydrogen) atoms. The highest BCUT2D eigenvalue weighted by Crippen LogP contribution is 2.38. The van der Waals surface area contributed by atoms with Crippen molar-refractivity contribution >= 4 is 23.2 Å². The average Bonchev–Trinajstić information content (AvgIpc) is 2.57. The van der Waals surface area contributed by atoms with E-state index in [4.69, 9.17) is 21.1 Å². The first-order valence-electron chi connectivity index (χ1n) is 7.26. The minimum absolute atomic E-state index is 0.238. The monoisotopic (exact) mass is 335 g/mol. The first kappa shape index (κ1) is 15.6. The summed E-state index contributed by atoms with van der Waals surface area (Å²) in [6, 6.07) is 8.95. The molecule has 0 saturated carbocycles. The molecular weight excluding hydrogens is 321 g/mol. The Balaban J connectivity index is 1.95. The summed E-state index contributed by atoms with van der Waals surface area (Å²) in [6.07, 6.45) is 0. The predicted molar refractivity (Wildman–Crippen MR) is 86.2 cm³/mol. The summed E-state index contributed by atoms with van der Waals surface area (Å²) in [6.45, 7) is 3.13. The molecule has 0 saturated heterocycles. The molecule has 1 aliphatic heterocycles. The maximum atomic E-state index is 13.1. The minimum atomic E-state index is -0.348. The number of benzene rings is 2. The molecule has 1 amide bonds. The first-order valence-corrected chi connectivity index (χ1v) is 7.64. The largest absolute Gasteiger partial charge is 0.486 e. The third-order valence-corrected chi connectivity index (χ3v) is 3.82.